The standard InChI is InChI=1S/C20H32FN5O/c1-3-22-20(23-11-5-14-26-13-4-6-19(26)27)24-12-15-25(2)16-17-7-9-18(21)10-8-17/h7-10H,3-6,11-16H2,1-2H3,(H2,22,23,24). The van der Waals surface area contributed by atoms with Crippen molar-refractivity contribution < 1.29 is 9.18 Å². The number of hydrogen-bond donors (Lipinski definition) is 2. The molecule has 0 bridgehead atoms. The fourth-order valence-corrected chi connectivity index (χ4v) is 3.08. The number of nitrogens with zero attached hydrogens (tertiary/aromatic N) is 3. The number of carbonyl (C=O) groups is 1. The SMILES string of the molecule is CCNC(=NCCCN1CCCC1=O)NCCN(C)Cc1ccc(F)cc1. The summed E-state index contributed by atoms with van der Waals surface area (Å²) in [6.07, 6.45) is 2.56. The van der Waals surface area contributed by atoms with Crippen LogP contribution < -0.4 is 10.6 Å². The molecule has 1 aromatic rings. The lowest BCUT2D eigenvalue weighted by Gasteiger charge is -2.18. The van der Waals surface area contributed by atoms with Crippen LogP contribution in [0.25, 0.3) is 0 Å². The lowest BCUT2D eigenvalue weighted by molar-refractivity contribution is -0.127. The van der Waals surface area contributed by atoms with Crippen LogP contribution in [0.4, 0.5) is 4.39 Å². The molecule has 0 spiro atoms. The first-order valence-corrected chi connectivity index (χ1v) is 9.81. The quantitative estimate of drug-likeness (QED) is 0.371. The predicted octanol–water partition coefficient (Wildman–Crippen LogP) is 1.83. The zero-order chi connectivity index (χ0) is 19.5. The lowest BCUT2D eigenvalue weighted by atomic mass is 10.2. The van der Waals surface area contributed by atoms with Gasteiger partial charge in [-0.2, -0.15) is 0 Å². The smallest absolute Gasteiger partial charge is 0.222 e. The van der Waals surface area contributed by atoms with Gasteiger partial charge in [-0.1, -0.05) is 12.1 Å². The van der Waals surface area contributed by atoms with E-state index in [1.54, 1.807) is 0 Å². The molecule has 2 N–H and O–H groups in total. The Bertz CT molecular complexity index is 605. The van der Waals surface area contributed by atoms with Gasteiger partial charge in [0.25, 0.3) is 0 Å². The minimum atomic E-state index is -0.205. The Labute approximate surface area is 161 Å². The number of rotatable bonds is 10. The number of likely N-dealkylation sites (N-methyl/N-ethyl adjacent to an activating group) is 1. The van der Waals surface area contributed by atoms with Crippen molar-refractivity contribution in [2.45, 2.75) is 32.7 Å². The van der Waals surface area contributed by atoms with Gasteiger partial charge in [0.05, 0.1) is 0 Å². The first kappa shape index (κ1) is 21.2. The molecule has 27 heavy (non-hydrogen) atoms. The number of aliphatic imine (C=N–C) groups is 1. The summed E-state index contributed by atoms with van der Waals surface area (Å²) in [5.41, 5.74) is 1.09. The van der Waals surface area contributed by atoms with Gasteiger partial charge in [0.1, 0.15) is 5.82 Å². The maximum atomic E-state index is 13.0. The van der Waals surface area contributed by atoms with Gasteiger partial charge in [-0.25, -0.2) is 4.39 Å². The minimum absolute atomic E-state index is 0.205. The summed E-state index contributed by atoms with van der Waals surface area (Å²) in [7, 11) is 2.04. The average molecular weight is 378 g/mol. The van der Waals surface area contributed by atoms with Gasteiger partial charge < -0.3 is 20.4 Å². The Morgan fingerprint density at radius 1 is 1.30 bits per heavy atom. The van der Waals surface area contributed by atoms with Crippen molar-refractivity contribution in [1.29, 1.82) is 0 Å². The summed E-state index contributed by atoms with van der Waals surface area (Å²) in [4.78, 5) is 20.3. The van der Waals surface area contributed by atoms with E-state index in [4.69, 9.17) is 0 Å². The molecule has 1 amide bonds. The number of carbonyl (C=O) groups excluding carboxylic acids is 1. The molecule has 7 heteroatoms. The van der Waals surface area contributed by atoms with E-state index in [0.717, 1.165) is 63.6 Å². The first-order chi connectivity index (χ1) is 13.1. The molecule has 1 aromatic carbocycles. The van der Waals surface area contributed by atoms with Crippen LogP contribution in [0.5, 0.6) is 0 Å². The summed E-state index contributed by atoms with van der Waals surface area (Å²) in [5.74, 6) is 0.872. The van der Waals surface area contributed by atoms with E-state index in [1.165, 1.54) is 12.1 Å². The van der Waals surface area contributed by atoms with Gasteiger partial charge in [-0.3, -0.25) is 9.79 Å². The molecule has 1 saturated heterocycles. The molecule has 1 fully saturated rings. The Morgan fingerprint density at radius 2 is 2.07 bits per heavy atom. The third-order valence-electron chi connectivity index (χ3n) is 4.52. The second kappa shape index (κ2) is 11.5. The fraction of sp³-hybridized carbons (Fsp3) is 0.600. The highest BCUT2D eigenvalue weighted by atomic mass is 19.1. The van der Waals surface area contributed by atoms with Crippen LogP contribution >= 0.6 is 0 Å². The van der Waals surface area contributed by atoms with Crippen molar-refractivity contribution in [3.8, 4) is 0 Å². The zero-order valence-corrected chi connectivity index (χ0v) is 16.5. The van der Waals surface area contributed by atoms with Crippen LogP contribution in [0.2, 0.25) is 0 Å². The number of hydrogen-bond acceptors (Lipinski definition) is 3. The van der Waals surface area contributed by atoms with E-state index in [1.807, 2.05) is 31.0 Å². The molecule has 1 heterocycles. The fourth-order valence-electron chi connectivity index (χ4n) is 3.08. The molecule has 2 rings (SSSR count). The summed E-state index contributed by atoms with van der Waals surface area (Å²) in [6, 6.07) is 6.62. The van der Waals surface area contributed by atoms with Gasteiger partial charge in [0.2, 0.25) is 5.91 Å². The van der Waals surface area contributed by atoms with Crippen LogP contribution in [0.3, 0.4) is 0 Å². The second-order valence-electron chi connectivity index (χ2n) is 6.89. The normalized spacial score (nSPS) is 14.9. The van der Waals surface area contributed by atoms with Gasteiger partial charge >= 0.3 is 0 Å². The predicted molar refractivity (Wildman–Crippen MR) is 107 cm³/mol. The van der Waals surface area contributed by atoms with E-state index in [2.05, 4.69) is 20.5 Å². The van der Waals surface area contributed by atoms with E-state index in [9.17, 15) is 9.18 Å². The van der Waals surface area contributed by atoms with Crippen LogP contribution in [0.15, 0.2) is 29.3 Å². The summed E-state index contributed by atoms with van der Waals surface area (Å²) < 4.78 is 13.0. The van der Waals surface area contributed by atoms with Gasteiger partial charge in [-0.15, -0.1) is 0 Å². The van der Waals surface area contributed by atoms with Crippen molar-refractivity contribution in [3.63, 3.8) is 0 Å². The summed E-state index contributed by atoms with van der Waals surface area (Å²) in [6.45, 7) is 7.63. The van der Waals surface area contributed by atoms with Gasteiger partial charge in [0.15, 0.2) is 5.96 Å². The second-order valence-corrected chi connectivity index (χ2v) is 6.89. The van der Waals surface area contributed by atoms with E-state index >= 15 is 0 Å². The highest BCUT2D eigenvalue weighted by Crippen LogP contribution is 2.09. The number of amides is 1. The molecule has 0 saturated carbocycles. The van der Waals surface area contributed by atoms with Crippen molar-refractivity contribution in [2.75, 3.05) is 46.3 Å². The molecule has 0 unspecified atom stereocenters. The highest BCUT2D eigenvalue weighted by molar-refractivity contribution is 5.79. The first-order valence-electron chi connectivity index (χ1n) is 9.81. The molecule has 6 nitrogen and oxygen atoms in total. The van der Waals surface area contributed by atoms with Crippen LogP contribution in [0.1, 0.15) is 31.7 Å². The molecule has 1 aliphatic heterocycles. The highest BCUT2D eigenvalue weighted by Gasteiger charge is 2.18. The Hall–Kier alpha value is -2.15. The molecule has 0 radical (unpaired) electrons. The van der Waals surface area contributed by atoms with E-state index in [-0.39, 0.29) is 11.7 Å². The van der Waals surface area contributed by atoms with Crippen molar-refractivity contribution in [3.05, 3.63) is 35.6 Å². The molecule has 0 atom stereocenters. The van der Waals surface area contributed by atoms with Gasteiger partial charge in [-0.05, 0) is 44.5 Å². The number of halogens is 1. The van der Waals surface area contributed by atoms with Crippen LogP contribution in [-0.2, 0) is 11.3 Å². The van der Waals surface area contributed by atoms with E-state index < -0.39 is 0 Å². The molecular weight excluding hydrogens is 345 g/mol. The third kappa shape index (κ3) is 7.95. The van der Waals surface area contributed by atoms with Crippen LogP contribution in [-0.4, -0.2) is 68.0 Å². The topological polar surface area (TPSA) is 60.0 Å². The lowest BCUT2D eigenvalue weighted by Crippen LogP contribution is -2.41. The number of guanidine groups is 1. The summed E-state index contributed by atoms with van der Waals surface area (Å²) >= 11 is 0. The minimum Gasteiger partial charge on any atom is -0.357 e. The Kier molecular flexibility index (Phi) is 9.04. The largest absolute Gasteiger partial charge is 0.357 e. The molecule has 0 aliphatic carbocycles. The Morgan fingerprint density at radius 3 is 2.74 bits per heavy atom. The van der Waals surface area contributed by atoms with Crippen molar-refractivity contribution >= 4 is 11.9 Å². The summed E-state index contributed by atoms with van der Waals surface area (Å²) in [5, 5.41) is 6.59. The number of likely N-dealkylation sites (tertiary alicyclic amines) is 1. The molecule has 1 aliphatic rings. The third-order valence-corrected chi connectivity index (χ3v) is 4.52. The molecule has 0 aromatic heterocycles. The maximum absolute atomic E-state index is 13.0. The maximum Gasteiger partial charge on any atom is 0.222 e. The average Bonchev–Trinajstić information content (AvgIpc) is 3.05. The zero-order valence-electron chi connectivity index (χ0n) is 16.5. The number of nitrogens with one attached hydrogen (secondary N) is 2. The van der Waals surface area contributed by atoms with Gasteiger partial charge in [0, 0.05) is 52.2 Å². The van der Waals surface area contributed by atoms with Crippen LogP contribution in [0, 0.1) is 5.82 Å². The molecular formula is C20H32FN5O. The molecule has 150 valence electrons. The monoisotopic (exact) mass is 377 g/mol. The number of benzene rings is 1. The van der Waals surface area contributed by atoms with Crippen molar-refractivity contribution in [2.24, 2.45) is 4.99 Å². The van der Waals surface area contributed by atoms with Crippen molar-refractivity contribution in [1.82, 2.24) is 20.4 Å². The van der Waals surface area contributed by atoms with E-state index in [0.29, 0.717) is 13.0 Å². The Balaban J connectivity index is 1.66.